The first-order valence-corrected chi connectivity index (χ1v) is 5.66. The molecule has 0 aliphatic rings. The van der Waals surface area contributed by atoms with Gasteiger partial charge in [0.1, 0.15) is 0 Å². The van der Waals surface area contributed by atoms with E-state index < -0.39 is 0 Å². The molecule has 0 saturated carbocycles. The number of carbonyl (C=O) groups is 1. The van der Waals surface area contributed by atoms with E-state index in [9.17, 15) is 4.79 Å². The van der Waals surface area contributed by atoms with Crippen LogP contribution in [0.15, 0.2) is 30.3 Å². The summed E-state index contributed by atoms with van der Waals surface area (Å²) in [6.45, 7) is 1.23. The van der Waals surface area contributed by atoms with Crippen LogP contribution in [0.1, 0.15) is 12.0 Å². The number of carbonyl (C=O) groups excluding carboxylic acids is 1. The van der Waals surface area contributed by atoms with Crippen LogP contribution in [0.4, 0.5) is 0 Å². The van der Waals surface area contributed by atoms with E-state index >= 15 is 0 Å². The highest BCUT2D eigenvalue weighted by atomic mass is 16.2. The lowest BCUT2D eigenvalue weighted by Gasteiger charge is -2.16. The van der Waals surface area contributed by atoms with Crippen LogP contribution in [0.3, 0.4) is 0 Å². The first kappa shape index (κ1) is 12.7. The van der Waals surface area contributed by atoms with Gasteiger partial charge in [0.15, 0.2) is 0 Å². The Kier molecular flexibility index (Phi) is 5.57. The maximum atomic E-state index is 11.4. The van der Waals surface area contributed by atoms with Crippen LogP contribution in [0.2, 0.25) is 0 Å². The van der Waals surface area contributed by atoms with Crippen molar-refractivity contribution in [3.63, 3.8) is 0 Å². The maximum absolute atomic E-state index is 11.4. The lowest BCUT2D eigenvalue weighted by molar-refractivity contribution is -0.128. The van der Waals surface area contributed by atoms with Gasteiger partial charge >= 0.3 is 0 Å². The molecule has 3 heteroatoms. The number of benzene rings is 1. The van der Waals surface area contributed by atoms with Gasteiger partial charge in [0.05, 0.1) is 6.54 Å². The zero-order chi connectivity index (χ0) is 11.8. The minimum atomic E-state index is 0.149. The van der Waals surface area contributed by atoms with Crippen LogP contribution in [-0.2, 0) is 11.2 Å². The summed E-state index contributed by atoms with van der Waals surface area (Å²) in [6.07, 6.45) is 2.04. The highest BCUT2D eigenvalue weighted by molar-refractivity contribution is 5.77. The average Bonchev–Trinajstić information content (AvgIpc) is 2.30. The molecular weight excluding hydrogens is 200 g/mol. The largest absolute Gasteiger partial charge is 0.345 e. The minimum Gasteiger partial charge on any atom is -0.345 e. The molecular formula is C13H20N2O. The van der Waals surface area contributed by atoms with Gasteiger partial charge in [-0.25, -0.2) is 0 Å². The van der Waals surface area contributed by atoms with Crippen molar-refractivity contribution in [3.8, 4) is 0 Å². The number of nitrogens with one attached hydrogen (secondary N) is 1. The second-order valence-electron chi connectivity index (χ2n) is 3.93. The third-order valence-electron chi connectivity index (χ3n) is 2.56. The number of nitrogens with zero attached hydrogens (tertiary/aromatic N) is 1. The molecule has 1 aromatic carbocycles. The van der Waals surface area contributed by atoms with E-state index in [1.54, 1.807) is 11.9 Å². The second kappa shape index (κ2) is 7.01. The topological polar surface area (TPSA) is 32.3 Å². The lowest BCUT2D eigenvalue weighted by Crippen LogP contribution is -2.34. The first-order valence-electron chi connectivity index (χ1n) is 5.66. The van der Waals surface area contributed by atoms with E-state index in [0.717, 1.165) is 19.4 Å². The quantitative estimate of drug-likeness (QED) is 0.783. The Morgan fingerprint density at radius 1 is 1.31 bits per heavy atom. The summed E-state index contributed by atoms with van der Waals surface area (Å²) >= 11 is 0. The van der Waals surface area contributed by atoms with Gasteiger partial charge in [0, 0.05) is 13.6 Å². The zero-order valence-corrected chi connectivity index (χ0v) is 10.1. The van der Waals surface area contributed by atoms with Crippen molar-refractivity contribution >= 4 is 5.91 Å². The summed E-state index contributed by atoms with van der Waals surface area (Å²) in [5.41, 5.74) is 1.33. The van der Waals surface area contributed by atoms with Crippen molar-refractivity contribution < 1.29 is 4.79 Å². The molecule has 0 aliphatic heterocycles. The summed E-state index contributed by atoms with van der Waals surface area (Å²) in [4.78, 5) is 13.2. The van der Waals surface area contributed by atoms with Gasteiger partial charge in [-0.15, -0.1) is 0 Å². The Hall–Kier alpha value is -1.35. The molecule has 88 valence electrons. The van der Waals surface area contributed by atoms with Crippen molar-refractivity contribution in [2.24, 2.45) is 0 Å². The van der Waals surface area contributed by atoms with Crippen molar-refractivity contribution in [1.29, 1.82) is 0 Å². The van der Waals surface area contributed by atoms with Crippen LogP contribution in [0.5, 0.6) is 0 Å². The van der Waals surface area contributed by atoms with Gasteiger partial charge in [-0.3, -0.25) is 4.79 Å². The number of hydrogen-bond acceptors (Lipinski definition) is 2. The Bertz CT molecular complexity index is 311. The summed E-state index contributed by atoms with van der Waals surface area (Å²) < 4.78 is 0. The van der Waals surface area contributed by atoms with Crippen LogP contribution in [0.25, 0.3) is 0 Å². The SMILES string of the molecule is CNCC(=O)N(C)CCCc1ccccc1. The van der Waals surface area contributed by atoms with Crippen LogP contribution < -0.4 is 5.32 Å². The normalized spacial score (nSPS) is 10.1. The van der Waals surface area contributed by atoms with E-state index in [4.69, 9.17) is 0 Å². The Balaban J connectivity index is 2.23. The van der Waals surface area contributed by atoms with Gasteiger partial charge < -0.3 is 10.2 Å². The molecule has 16 heavy (non-hydrogen) atoms. The van der Waals surface area contributed by atoms with Crippen LogP contribution >= 0.6 is 0 Å². The van der Waals surface area contributed by atoms with Crippen LogP contribution in [-0.4, -0.2) is 38.0 Å². The number of rotatable bonds is 6. The molecule has 0 bridgehead atoms. The van der Waals surface area contributed by atoms with Crippen molar-refractivity contribution in [2.45, 2.75) is 12.8 Å². The van der Waals surface area contributed by atoms with E-state index in [0.29, 0.717) is 6.54 Å². The van der Waals surface area contributed by atoms with E-state index in [1.807, 2.05) is 25.2 Å². The third kappa shape index (κ3) is 4.45. The fourth-order valence-electron chi connectivity index (χ4n) is 1.58. The molecule has 0 aromatic heterocycles. The molecule has 0 radical (unpaired) electrons. The molecule has 0 atom stereocenters. The fourth-order valence-corrected chi connectivity index (χ4v) is 1.58. The number of aryl methyl sites for hydroxylation is 1. The Morgan fingerprint density at radius 3 is 2.62 bits per heavy atom. The standard InChI is InChI=1S/C13H20N2O/c1-14-11-13(16)15(2)10-6-9-12-7-4-3-5-8-12/h3-5,7-8,14H,6,9-11H2,1-2H3. The van der Waals surface area contributed by atoms with Gasteiger partial charge in [0.2, 0.25) is 5.91 Å². The van der Waals surface area contributed by atoms with Crippen molar-refractivity contribution in [2.75, 3.05) is 27.2 Å². The zero-order valence-electron chi connectivity index (χ0n) is 10.1. The molecule has 0 spiro atoms. The molecule has 0 saturated heterocycles. The Morgan fingerprint density at radius 2 is 2.00 bits per heavy atom. The Labute approximate surface area is 97.5 Å². The maximum Gasteiger partial charge on any atom is 0.236 e. The molecule has 1 amide bonds. The molecule has 0 unspecified atom stereocenters. The summed E-state index contributed by atoms with van der Waals surface area (Å²) in [5, 5.41) is 2.87. The van der Waals surface area contributed by atoms with E-state index in [2.05, 4.69) is 17.4 Å². The van der Waals surface area contributed by atoms with Gasteiger partial charge in [-0.1, -0.05) is 30.3 Å². The molecule has 1 aromatic rings. The molecule has 0 aliphatic carbocycles. The molecule has 1 rings (SSSR count). The second-order valence-corrected chi connectivity index (χ2v) is 3.93. The smallest absolute Gasteiger partial charge is 0.236 e. The predicted molar refractivity (Wildman–Crippen MR) is 66.3 cm³/mol. The number of hydrogen-bond donors (Lipinski definition) is 1. The van der Waals surface area contributed by atoms with Gasteiger partial charge in [-0.05, 0) is 25.5 Å². The summed E-state index contributed by atoms with van der Waals surface area (Å²) in [7, 11) is 3.64. The summed E-state index contributed by atoms with van der Waals surface area (Å²) in [6, 6.07) is 10.4. The minimum absolute atomic E-state index is 0.149. The monoisotopic (exact) mass is 220 g/mol. The van der Waals surface area contributed by atoms with E-state index in [-0.39, 0.29) is 5.91 Å². The number of likely N-dealkylation sites (N-methyl/N-ethyl adjacent to an activating group) is 2. The number of amides is 1. The molecule has 3 nitrogen and oxygen atoms in total. The van der Waals surface area contributed by atoms with Crippen molar-refractivity contribution in [1.82, 2.24) is 10.2 Å². The van der Waals surface area contributed by atoms with E-state index in [1.165, 1.54) is 5.56 Å². The van der Waals surface area contributed by atoms with Crippen LogP contribution in [0, 0.1) is 0 Å². The molecule has 1 N–H and O–H groups in total. The first-order chi connectivity index (χ1) is 7.74. The molecule has 0 heterocycles. The third-order valence-corrected chi connectivity index (χ3v) is 2.56. The molecule has 0 fully saturated rings. The van der Waals surface area contributed by atoms with Crippen molar-refractivity contribution in [3.05, 3.63) is 35.9 Å². The van der Waals surface area contributed by atoms with Gasteiger partial charge in [0.25, 0.3) is 0 Å². The highest BCUT2D eigenvalue weighted by Gasteiger charge is 2.06. The lowest BCUT2D eigenvalue weighted by atomic mass is 10.1. The fraction of sp³-hybridized carbons (Fsp3) is 0.462. The highest BCUT2D eigenvalue weighted by Crippen LogP contribution is 2.02. The summed E-state index contributed by atoms with van der Waals surface area (Å²) in [5.74, 6) is 0.149. The van der Waals surface area contributed by atoms with Gasteiger partial charge in [-0.2, -0.15) is 0 Å². The predicted octanol–water partition coefficient (Wildman–Crippen LogP) is 1.30. The average molecular weight is 220 g/mol.